The summed E-state index contributed by atoms with van der Waals surface area (Å²) in [7, 11) is 1.62. The van der Waals surface area contributed by atoms with Crippen LogP contribution < -0.4 is 0 Å². The predicted octanol–water partition coefficient (Wildman–Crippen LogP) is 2.81. The van der Waals surface area contributed by atoms with Gasteiger partial charge in [0.2, 0.25) is 0 Å². The number of benzene rings is 1. The average Bonchev–Trinajstić information content (AvgIpc) is 2.30. The van der Waals surface area contributed by atoms with E-state index in [4.69, 9.17) is 9.84 Å². The Hall–Kier alpha value is -1.42. The number of unbranched alkanes of at least 4 members (excludes halogenated alkanes) is 1. The van der Waals surface area contributed by atoms with Crippen LogP contribution in [0.2, 0.25) is 0 Å². The van der Waals surface area contributed by atoms with Crippen LogP contribution in [0.1, 0.15) is 30.7 Å². The maximum Gasteiger partial charge on any atom is 0.310 e. The molecule has 0 amide bonds. The molecular weight excluding hydrogens is 223 g/mol. The molecule has 0 bridgehead atoms. The lowest BCUT2D eigenvalue weighted by atomic mass is 9.94. The minimum Gasteiger partial charge on any atom is -0.481 e. The van der Waals surface area contributed by atoms with Crippen LogP contribution in [0, 0.1) is 5.82 Å². The third-order valence-corrected chi connectivity index (χ3v) is 2.66. The number of carboxylic acid groups (broad SMARTS) is 1. The number of rotatable bonds is 7. The van der Waals surface area contributed by atoms with Crippen LogP contribution in [0.4, 0.5) is 4.39 Å². The summed E-state index contributed by atoms with van der Waals surface area (Å²) < 4.78 is 17.6. The quantitative estimate of drug-likeness (QED) is 0.745. The summed E-state index contributed by atoms with van der Waals surface area (Å²) in [6.07, 6.45) is 2.16. The molecule has 0 heterocycles. The molecule has 0 aliphatic rings. The van der Waals surface area contributed by atoms with Crippen LogP contribution in [0.5, 0.6) is 0 Å². The summed E-state index contributed by atoms with van der Waals surface area (Å²) in [5.41, 5.74) is 0.649. The zero-order valence-electron chi connectivity index (χ0n) is 9.86. The molecule has 1 atom stereocenters. The molecule has 4 heteroatoms. The Morgan fingerprint density at radius 1 is 1.35 bits per heavy atom. The SMILES string of the molecule is COCCCCC(C(=O)O)c1ccc(F)cc1. The van der Waals surface area contributed by atoms with Crippen LogP contribution in [0.3, 0.4) is 0 Å². The molecule has 17 heavy (non-hydrogen) atoms. The minimum atomic E-state index is -0.867. The molecule has 1 rings (SSSR count). The van der Waals surface area contributed by atoms with Crippen molar-refractivity contribution in [3.63, 3.8) is 0 Å². The van der Waals surface area contributed by atoms with E-state index in [0.717, 1.165) is 12.8 Å². The third-order valence-electron chi connectivity index (χ3n) is 2.66. The third kappa shape index (κ3) is 4.53. The number of halogens is 1. The fourth-order valence-corrected chi connectivity index (χ4v) is 1.72. The van der Waals surface area contributed by atoms with E-state index >= 15 is 0 Å². The number of methoxy groups -OCH3 is 1. The molecule has 1 N–H and O–H groups in total. The molecule has 0 radical (unpaired) electrons. The molecule has 0 saturated heterocycles. The molecule has 94 valence electrons. The number of carbonyl (C=O) groups is 1. The minimum absolute atomic E-state index is 0.350. The Bertz CT molecular complexity index is 348. The summed E-state index contributed by atoms with van der Waals surface area (Å²) in [6.45, 7) is 0.635. The van der Waals surface area contributed by atoms with E-state index < -0.39 is 11.9 Å². The van der Waals surface area contributed by atoms with Crippen LogP contribution in [0.15, 0.2) is 24.3 Å². The number of ether oxygens (including phenoxy) is 1. The lowest BCUT2D eigenvalue weighted by Crippen LogP contribution is -2.12. The first-order valence-corrected chi connectivity index (χ1v) is 5.62. The van der Waals surface area contributed by atoms with Crippen molar-refractivity contribution in [2.45, 2.75) is 25.2 Å². The van der Waals surface area contributed by atoms with Crippen LogP contribution in [0.25, 0.3) is 0 Å². The lowest BCUT2D eigenvalue weighted by molar-refractivity contribution is -0.139. The van der Waals surface area contributed by atoms with Crippen molar-refractivity contribution in [2.75, 3.05) is 13.7 Å². The molecule has 1 unspecified atom stereocenters. The fourth-order valence-electron chi connectivity index (χ4n) is 1.72. The Morgan fingerprint density at radius 2 is 2.00 bits per heavy atom. The number of aliphatic carboxylic acids is 1. The van der Waals surface area contributed by atoms with E-state index in [1.54, 1.807) is 7.11 Å². The molecule has 3 nitrogen and oxygen atoms in total. The summed E-state index contributed by atoms with van der Waals surface area (Å²) in [4.78, 5) is 11.1. The van der Waals surface area contributed by atoms with Gasteiger partial charge in [-0.2, -0.15) is 0 Å². The maximum atomic E-state index is 12.7. The van der Waals surface area contributed by atoms with Gasteiger partial charge in [-0.25, -0.2) is 4.39 Å². The molecule has 0 spiro atoms. The Labute approximate surface area is 100 Å². The molecule has 1 aromatic rings. The van der Waals surface area contributed by atoms with Gasteiger partial charge in [-0.05, 0) is 37.0 Å². The van der Waals surface area contributed by atoms with E-state index in [-0.39, 0.29) is 5.82 Å². The fraction of sp³-hybridized carbons (Fsp3) is 0.462. The van der Waals surface area contributed by atoms with Crippen molar-refractivity contribution < 1.29 is 19.0 Å². The monoisotopic (exact) mass is 240 g/mol. The zero-order valence-corrected chi connectivity index (χ0v) is 9.86. The smallest absolute Gasteiger partial charge is 0.310 e. The van der Waals surface area contributed by atoms with E-state index in [1.807, 2.05) is 0 Å². The van der Waals surface area contributed by atoms with Crippen molar-refractivity contribution in [2.24, 2.45) is 0 Å². The second-order valence-corrected chi connectivity index (χ2v) is 3.93. The van der Waals surface area contributed by atoms with Gasteiger partial charge in [-0.1, -0.05) is 12.1 Å². The predicted molar refractivity (Wildman–Crippen MR) is 62.5 cm³/mol. The summed E-state index contributed by atoms with van der Waals surface area (Å²) >= 11 is 0. The summed E-state index contributed by atoms with van der Waals surface area (Å²) in [6, 6.07) is 5.65. The molecular formula is C13H17FO3. The second kappa shape index (κ2) is 7.01. The summed E-state index contributed by atoms with van der Waals surface area (Å²) in [5, 5.41) is 9.13. The normalized spacial score (nSPS) is 12.4. The van der Waals surface area contributed by atoms with Crippen molar-refractivity contribution in [3.05, 3.63) is 35.6 Å². The van der Waals surface area contributed by atoms with Gasteiger partial charge in [-0.15, -0.1) is 0 Å². The zero-order chi connectivity index (χ0) is 12.7. The van der Waals surface area contributed by atoms with E-state index in [1.165, 1.54) is 24.3 Å². The van der Waals surface area contributed by atoms with E-state index in [2.05, 4.69) is 0 Å². The van der Waals surface area contributed by atoms with Gasteiger partial charge in [0.15, 0.2) is 0 Å². The first-order valence-electron chi connectivity index (χ1n) is 5.62. The average molecular weight is 240 g/mol. The van der Waals surface area contributed by atoms with Gasteiger partial charge in [0.25, 0.3) is 0 Å². The molecule has 0 aliphatic carbocycles. The highest BCUT2D eigenvalue weighted by molar-refractivity contribution is 5.75. The van der Waals surface area contributed by atoms with Gasteiger partial charge in [0.1, 0.15) is 5.82 Å². The van der Waals surface area contributed by atoms with Crippen molar-refractivity contribution in [1.29, 1.82) is 0 Å². The molecule has 0 aliphatic heterocycles. The molecule has 1 aromatic carbocycles. The standard InChI is InChI=1S/C13H17FO3/c1-17-9-3-2-4-12(13(15)16)10-5-7-11(14)8-6-10/h5-8,12H,2-4,9H2,1H3,(H,15,16). The van der Waals surface area contributed by atoms with Gasteiger partial charge in [0.05, 0.1) is 5.92 Å². The first kappa shape index (κ1) is 13.6. The van der Waals surface area contributed by atoms with Crippen molar-refractivity contribution in [1.82, 2.24) is 0 Å². The maximum absolute atomic E-state index is 12.7. The number of carboxylic acids is 1. The Morgan fingerprint density at radius 3 is 2.53 bits per heavy atom. The van der Waals surface area contributed by atoms with E-state index in [0.29, 0.717) is 18.6 Å². The largest absolute Gasteiger partial charge is 0.481 e. The summed E-state index contributed by atoms with van der Waals surface area (Å²) in [5.74, 6) is -1.78. The molecule has 0 saturated carbocycles. The highest BCUT2D eigenvalue weighted by Gasteiger charge is 2.19. The second-order valence-electron chi connectivity index (χ2n) is 3.93. The van der Waals surface area contributed by atoms with Gasteiger partial charge >= 0.3 is 5.97 Å². The Kier molecular flexibility index (Phi) is 5.63. The van der Waals surface area contributed by atoms with Gasteiger partial charge < -0.3 is 9.84 Å². The van der Waals surface area contributed by atoms with Gasteiger partial charge in [0, 0.05) is 13.7 Å². The highest BCUT2D eigenvalue weighted by atomic mass is 19.1. The number of hydrogen-bond acceptors (Lipinski definition) is 2. The number of hydrogen-bond donors (Lipinski definition) is 1. The van der Waals surface area contributed by atoms with Crippen molar-refractivity contribution in [3.8, 4) is 0 Å². The first-order chi connectivity index (χ1) is 8.15. The molecule has 0 aromatic heterocycles. The van der Waals surface area contributed by atoms with Crippen LogP contribution in [-0.2, 0) is 9.53 Å². The topological polar surface area (TPSA) is 46.5 Å². The van der Waals surface area contributed by atoms with Crippen LogP contribution in [-0.4, -0.2) is 24.8 Å². The van der Waals surface area contributed by atoms with Crippen LogP contribution >= 0.6 is 0 Å². The van der Waals surface area contributed by atoms with Crippen molar-refractivity contribution >= 4 is 5.97 Å². The van der Waals surface area contributed by atoms with Gasteiger partial charge in [-0.3, -0.25) is 4.79 Å². The molecule has 0 fully saturated rings. The Balaban J connectivity index is 2.59. The highest BCUT2D eigenvalue weighted by Crippen LogP contribution is 2.22. The lowest BCUT2D eigenvalue weighted by Gasteiger charge is -2.12. The van der Waals surface area contributed by atoms with E-state index in [9.17, 15) is 9.18 Å².